The molecule has 0 aliphatic carbocycles. The third-order valence-electron chi connectivity index (χ3n) is 5.70. The van der Waals surface area contributed by atoms with E-state index in [9.17, 15) is 13.2 Å². The summed E-state index contributed by atoms with van der Waals surface area (Å²) in [6.45, 7) is 2.42. The number of halogens is 3. The van der Waals surface area contributed by atoms with E-state index in [1.807, 2.05) is 12.1 Å². The van der Waals surface area contributed by atoms with Crippen molar-refractivity contribution in [1.82, 2.24) is 10.3 Å². The van der Waals surface area contributed by atoms with Crippen molar-refractivity contribution in [2.45, 2.75) is 31.4 Å². The number of rotatable bonds is 2. The Bertz CT molecular complexity index is 1190. The first-order chi connectivity index (χ1) is 16.2. The quantitative estimate of drug-likeness (QED) is 0.562. The first-order valence-corrected chi connectivity index (χ1v) is 10.6. The number of aromatic nitrogens is 1. The molecule has 2 aliphatic rings. The molecule has 0 radical (unpaired) electrons. The van der Waals surface area contributed by atoms with Crippen LogP contribution in [0.2, 0.25) is 0 Å². The van der Waals surface area contributed by atoms with Crippen molar-refractivity contribution in [3.63, 3.8) is 0 Å². The van der Waals surface area contributed by atoms with Crippen LogP contribution in [-0.2, 0) is 16.1 Å². The van der Waals surface area contributed by atoms with Gasteiger partial charge in [0.05, 0.1) is 13.7 Å². The van der Waals surface area contributed by atoms with Crippen LogP contribution in [0.1, 0.15) is 18.4 Å². The molecule has 1 aromatic heterocycles. The zero-order valence-corrected chi connectivity index (χ0v) is 18.3. The molecular formula is C24H23F3N2O5. The van der Waals surface area contributed by atoms with Crippen molar-refractivity contribution in [2.75, 3.05) is 20.2 Å². The van der Waals surface area contributed by atoms with E-state index in [0.717, 1.165) is 65.0 Å². The monoisotopic (exact) mass is 476 g/mol. The van der Waals surface area contributed by atoms with E-state index in [4.69, 9.17) is 24.1 Å². The van der Waals surface area contributed by atoms with Gasteiger partial charge in [-0.05, 0) is 29.8 Å². The van der Waals surface area contributed by atoms with Gasteiger partial charge in [-0.3, -0.25) is 4.98 Å². The molecule has 0 amide bonds. The minimum absolute atomic E-state index is 0.468. The highest BCUT2D eigenvalue weighted by molar-refractivity contribution is 5.92. The lowest BCUT2D eigenvalue weighted by atomic mass is 9.98. The van der Waals surface area contributed by atoms with Gasteiger partial charge >= 0.3 is 12.1 Å². The fourth-order valence-corrected chi connectivity index (χ4v) is 4.00. The Kier molecular flexibility index (Phi) is 6.63. The molecule has 10 heteroatoms. The number of carbonyl (C=O) groups is 1. The highest BCUT2D eigenvalue weighted by atomic mass is 19.4. The number of methoxy groups -OCH3 is 1. The lowest BCUT2D eigenvalue weighted by Crippen LogP contribution is -2.49. The first kappa shape index (κ1) is 23.8. The molecule has 1 fully saturated rings. The van der Waals surface area contributed by atoms with Gasteiger partial charge in [-0.25, -0.2) is 4.79 Å². The lowest BCUT2D eigenvalue weighted by Gasteiger charge is -2.41. The molecule has 1 saturated heterocycles. The Morgan fingerprint density at radius 2 is 1.91 bits per heavy atom. The summed E-state index contributed by atoms with van der Waals surface area (Å²) >= 11 is 0. The zero-order chi connectivity index (χ0) is 24.3. The summed E-state index contributed by atoms with van der Waals surface area (Å²) in [6.07, 6.45) is -1.54. The molecule has 0 bridgehead atoms. The SMILES string of the molecule is COc1c(-c2ccc3c(c2)COC2(CCNCC2)O3)ccc2cccnc12.O=C(O)C(F)(F)F. The zero-order valence-electron chi connectivity index (χ0n) is 18.3. The van der Waals surface area contributed by atoms with Gasteiger partial charge in [-0.2, -0.15) is 13.2 Å². The van der Waals surface area contributed by atoms with Crippen LogP contribution in [-0.4, -0.2) is 48.2 Å². The minimum Gasteiger partial charge on any atom is -0.494 e. The maximum Gasteiger partial charge on any atom is 0.490 e. The van der Waals surface area contributed by atoms with Crippen molar-refractivity contribution in [3.05, 3.63) is 54.2 Å². The van der Waals surface area contributed by atoms with E-state index in [1.165, 1.54) is 0 Å². The molecule has 3 heterocycles. The Balaban J connectivity index is 0.000000344. The molecule has 0 saturated carbocycles. The van der Waals surface area contributed by atoms with Crippen LogP contribution in [0.15, 0.2) is 48.7 Å². The van der Waals surface area contributed by atoms with Gasteiger partial charge in [0.1, 0.15) is 11.3 Å². The molecule has 7 nitrogen and oxygen atoms in total. The number of alkyl halides is 3. The molecule has 2 aromatic carbocycles. The highest BCUT2D eigenvalue weighted by Crippen LogP contribution is 2.41. The van der Waals surface area contributed by atoms with Gasteiger partial charge < -0.3 is 24.6 Å². The molecule has 180 valence electrons. The fraction of sp³-hybridized carbons (Fsp3) is 0.333. The van der Waals surface area contributed by atoms with Crippen molar-refractivity contribution in [2.24, 2.45) is 0 Å². The van der Waals surface area contributed by atoms with Gasteiger partial charge in [0.25, 0.3) is 0 Å². The van der Waals surface area contributed by atoms with Gasteiger partial charge in [-0.1, -0.05) is 18.2 Å². The van der Waals surface area contributed by atoms with Crippen LogP contribution in [0.3, 0.4) is 0 Å². The van der Waals surface area contributed by atoms with E-state index >= 15 is 0 Å². The maximum atomic E-state index is 10.6. The summed E-state index contributed by atoms with van der Waals surface area (Å²) in [4.78, 5) is 13.4. The van der Waals surface area contributed by atoms with Crippen LogP contribution in [0.25, 0.3) is 22.0 Å². The predicted molar refractivity (Wildman–Crippen MR) is 118 cm³/mol. The maximum absolute atomic E-state index is 10.6. The number of aliphatic carboxylic acids is 1. The average Bonchev–Trinajstić information content (AvgIpc) is 2.83. The van der Waals surface area contributed by atoms with E-state index in [-0.39, 0.29) is 0 Å². The van der Waals surface area contributed by atoms with Gasteiger partial charge in [-0.15, -0.1) is 0 Å². The number of carboxylic acid groups (broad SMARTS) is 1. The second-order valence-electron chi connectivity index (χ2n) is 7.90. The van der Waals surface area contributed by atoms with Crippen molar-refractivity contribution in [3.8, 4) is 22.6 Å². The van der Waals surface area contributed by atoms with Crippen LogP contribution in [0, 0.1) is 0 Å². The Morgan fingerprint density at radius 3 is 2.59 bits per heavy atom. The van der Waals surface area contributed by atoms with Crippen LogP contribution >= 0.6 is 0 Å². The number of pyridine rings is 1. The van der Waals surface area contributed by atoms with Crippen LogP contribution < -0.4 is 14.8 Å². The summed E-state index contributed by atoms with van der Waals surface area (Å²) in [6, 6.07) is 14.4. The minimum atomic E-state index is -5.08. The molecular weight excluding hydrogens is 453 g/mol. The Hall–Kier alpha value is -3.37. The van der Waals surface area contributed by atoms with E-state index in [1.54, 1.807) is 13.3 Å². The van der Waals surface area contributed by atoms with Crippen molar-refractivity contribution >= 4 is 16.9 Å². The Morgan fingerprint density at radius 1 is 1.18 bits per heavy atom. The number of fused-ring (bicyclic) bond motifs is 2. The smallest absolute Gasteiger partial charge is 0.490 e. The second kappa shape index (κ2) is 9.47. The molecule has 1 spiro atoms. The number of piperidine rings is 1. The molecule has 3 aromatic rings. The van der Waals surface area contributed by atoms with E-state index < -0.39 is 17.9 Å². The lowest BCUT2D eigenvalue weighted by molar-refractivity contribution is -0.218. The third kappa shape index (κ3) is 4.92. The Labute approximate surface area is 193 Å². The average molecular weight is 476 g/mol. The van der Waals surface area contributed by atoms with Gasteiger partial charge in [0.15, 0.2) is 5.75 Å². The molecule has 5 rings (SSSR count). The predicted octanol–water partition coefficient (Wildman–Crippen LogP) is 4.53. The number of ether oxygens (including phenoxy) is 3. The van der Waals surface area contributed by atoms with E-state index in [0.29, 0.717) is 6.61 Å². The normalized spacial score (nSPS) is 16.7. The summed E-state index contributed by atoms with van der Waals surface area (Å²) in [7, 11) is 1.69. The number of nitrogens with zero attached hydrogens (tertiary/aromatic N) is 1. The summed E-state index contributed by atoms with van der Waals surface area (Å²) in [5.74, 6) is -1.51. The molecule has 2 N–H and O–H groups in total. The summed E-state index contributed by atoms with van der Waals surface area (Å²) in [5.41, 5.74) is 4.04. The van der Waals surface area contributed by atoms with Gasteiger partial charge in [0.2, 0.25) is 5.79 Å². The summed E-state index contributed by atoms with van der Waals surface area (Å²) < 4.78 is 49.9. The number of benzene rings is 2. The largest absolute Gasteiger partial charge is 0.494 e. The number of carboxylic acids is 1. The van der Waals surface area contributed by atoms with E-state index in [2.05, 4.69) is 40.6 Å². The fourth-order valence-electron chi connectivity index (χ4n) is 4.00. The topological polar surface area (TPSA) is 89.9 Å². The van der Waals surface area contributed by atoms with Crippen molar-refractivity contribution < 1.29 is 37.3 Å². The first-order valence-electron chi connectivity index (χ1n) is 10.6. The summed E-state index contributed by atoms with van der Waals surface area (Å²) in [5, 5.41) is 11.5. The molecule has 0 unspecified atom stereocenters. The molecule has 34 heavy (non-hydrogen) atoms. The van der Waals surface area contributed by atoms with Crippen molar-refractivity contribution in [1.29, 1.82) is 0 Å². The molecule has 2 aliphatic heterocycles. The number of hydrogen-bond donors (Lipinski definition) is 2. The standard InChI is InChI=1S/C22H22N2O3.C2HF3O2/c1-25-21-18(6-4-15-3-2-10-24-20(15)21)16-5-7-19-17(13-16)14-26-22(27-19)8-11-23-12-9-22;3-2(4,5)1(6)7/h2-7,10,13,23H,8-9,11-12,14H2,1H3;(H,6,7). The number of hydrogen-bond acceptors (Lipinski definition) is 6. The highest BCUT2D eigenvalue weighted by Gasteiger charge is 2.39. The van der Waals surface area contributed by atoms with Crippen LogP contribution in [0.5, 0.6) is 11.5 Å². The second-order valence-corrected chi connectivity index (χ2v) is 7.90. The molecule has 0 atom stereocenters. The van der Waals surface area contributed by atoms with Crippen LogP contribution in [0.4, 0.5) is 13.2 Å². The third-order valence-corrected chi connectivity index (χ3v) is 5.70. The van der Waals surface area contributed by atoms with Gasteiger partial charge in [0, 0.05) is 48.6 Å². The number of nitrogens with one attached hydrogen (secondary N) is 1.